The molecule has 0 bridgehead atoms. The zero-order chi connectivity index (χ0) is 16.5. The molecule has 0 aliphatic rings. The lowest BCUT2D eigenvalue weighted by atomic mass is 10.1. The average Bonchev–Trinajstić information content (AvgIpc) is 2.57. The first kappa shape index (κ1) is 16.5. The third-order valence-corrected chi connectivity index (χ3v) is 3.14. The fraction of sp³-hybridized carbons (Fsp3) is 0.222. The standard InChI is InChI=1S/C18H20N2O3/c1-3-23-17-7-5-4-6-15(17)13-19-20-18(21)12-14-8-10-16(22-2)11-9-14/h4-11,13H,3,12H2,1-2H3,(H,20,21)/b19-13-. The van der Waals surface area contributed by atoms with Gasteiger partial charge in [0.05, 0.1) is 26.4 Å². The van der Waals surface area contributed by atoms with E-state index in [1.54, 1.807) is 13.3 Å². The minimum atomic E-state index is -0.180. The van der Waals surface area contributed by atoms with Crippen LogP contribution in [0.2, 0.25) is 0 Å². The Labute approximate surface area is 135 Å². The number of hydrogen-bond acceptors (Lipinski definition) is 4. The molecular weight excluding hydrogens is 292 g/mol. The lowest BCUT2D eigenvalue weighted by Gasteiger charge is -2.06. The Balaban J connectivity index is 1.90. The van der Waals surface area contributed by atoms with Crippen molar-refractivity contribution in [2.45, 2.75) is 13.3 Å². The van der Waals surface area contributed by atoms with Crippen LogP contribution in [0.25, 0.3) is 0 Å². The Morgan fingerprint density at radius 1 is 1.17 bits per heavy atom. The van der Waals surface area contributed by atoms with Gasteiger partial charge >= 0.3 is 0 Å². The maximum absolute atomic E-state index is 11.9. The molecule has 5 heteroatoms. The highest BCUT2D eigenvalue weighted by Crippen LogP contribution is 2.15. The smallest absolute Gasteiger partial charge is 0.244 e. The van der Waals surface area contributed by atoms with E-state index in [0.717, 1.165) is 22.6 Å². The summed E-state index contributed by atoms with van der Waals surface area (Å²) >= 11 is 0. The summed E-state index contributed by atoms with van der Waals surface area (Å²) in [5.41, 5.74) is 4.24. The van der Waals surface area contributed by atoms with E-state index in [-0.39, 0.29) is 12.3 Å². The van der Waals surface area contributed by atoms with Gasteiger partial charge in [-0.3, -0.25) is 4.79 Å². The molecule has 120 valence electrons. The van der Waals surface area contributed by atoms with Gasteiger partial charge in [0.1, 0.15) is 11.5 Å². The number of carbonyl (C=O) groups is 1. The largest absolute Gasteiger partial charge is 0.497 e. The Morgan fingerprint density at radius 3 is 2.61 bits per heavy atom. The number of amides is 1. The van der Waals surface area contributed by atoms with Gasteiger partial charge in [0.2, 0.25) is 5.91 Å². The van der Waals surface area contributed by atoms with Crippen molar-refractivity contribution >= 4 is 12.1 Å². The maximum Gasteiger partial charge on any atom is 0.244 e. The van der Waals surface area contributed by atoms with Crippen LogP contribution >= 0.6 is 0 Å². The van der Waals surface area contributed by atoms with Crippen LogP contribution in [0.5, 0.6) is 11.5 Å². The number of carbonyl (C=O) groups excluding carboxylic acids is 1. The van der Waals surface area contributed by atoms with Crippen LogP contribution in [0.4, 0.5) is 0 Å². The molecule has 0 saturated carbocycles. The normalized spacial score (nSPS) is 10.5. The van der Waals surface area contributed by atoms with Gasteiger partial charge in [-0.05, 0) is 36.8 Å². The van der Waals surface area contributed by atoms with Crippen molar-refractivity contribution in [3.05, 3.63) is 59.7 Å². The van der Waals surface area contributed by atoms with Crippen LogP contribution in [0.3, 0.4) is 0 Å². The summed E-state index contributed by atoms with van der Waals surface area (Å²) in [6.07, 6.45) is 1.84. The summed E-state index contributed by atoms with van der Waals surface area (Å²) in [6, 6.07) is 14.9. The van der Waals surface area contributed by atoms with Crippen molar-refractivity contribution < 1.29 is 14.3 Å². The van der Waals surface area contributed by atoms with Gasteiger partial charge in [-0.1, -0.05) is 24.3 Å². The number of hydrogen-bond donors (Lipinski definition) is 1. The van der Waals surface area contributed by atoms with Gasteiger partial charge in [-0.15, -0.1) is 0 Å². The molecule has 0 saturated heterocycles. The Hall–Kier alpha value is -2.82. The fourth-order valence-corrected chi connectivity index (χ4v) is 2.02. The van der Waals surface area contributed by atoms with E-state index in [0.29, 0.717) is 6.61 Å². The van der Waals surface area contributed by atoms with Crippen LogP contribution in [-0.2, 0) is 11.2 Å². The summed E-state index contributed by atoms with van der Waals surface area (Å²) in [4.78, 5) is 11.9. The fourth-order valence-electron chi connectivity index (χ4n) is 2.02. The van der Waals surface area contributed by atoms with Crippen molar-refractivity contribution in [1.29, 1.82) is 0 Å². The highest BCUT2D eigenvalue weighted by atomic mass is 16.5. The Bertz CT molecular complexity index is 666. The summed E-state index contributed by atoms with van der Waals surface area (Å²) in [5.74, 6) is 1.32. The molecule has 0 atom stereocenters. The Kier molecular flexibility index (Phi) is 6.17. The molecule has 0 aromatic heterocycles. The molecule has 0 heterocycles. The third kappa shape index (κ3) is 5.14. The first-order valence-corrected chi connectivity index (χ1v) is 7.39. The number of para-hydroxylation sites is 1. The molecule has 2 aromatic rings. The molecule has 2 aromatic carbocycles. The monoisotopic (exact) mass is 312 g/mol. The number of methoxy groups -OCH3 is 1. The van der Waals surface area contributed by atoms with Gasteiger partial charge in [0, 0.05) is 5.56 Å². The van der Waals surface area contributed by atoms with E-state index in [1.165, 1.54) is 0 Å². The van der Waals surface area contributed by atoms with E-state index in [2.05, 4.69) is 10.5 Å². The second-order valence-corrected chi connectivity index (χ2v) is 4.79. The SMILES string of the molecule is CCOc1ccccc1/C=N\NC(=O)Cc1ccc(OC)cc1. The number of hydrazone groups is 1. The van der Waals surface area contributed by atoms with Crippen molar-refractivity contribution in [2.75, 3.05) is 13.7 Å². The van der Waals surface area contributed by atoms with E-state index >= 15 is 0 Å². The van der Waals surface area contributed by atoms with Gasteiger partial charge in [0.25, 0.3) is 0 Å². The molecular formula is C18H20N2O3. The van der Waals surface area contributed by atoms with Gasteiger partial charge in [-0.2, -0.15) is 5.10 Å². The van der Waals surface area contributed by atoms with Crippen LogP contribution in [-0.4, -0.2) is 25.8 Å². The quantitative estimate of drug-likeness (QED) is 0.632. The van der Waals surface area contributed by atoms with Crippen LogP contribution in [0.15, 0.2) is 53.6 Å². The maximum atomic E-state index is 11.9. The van der Waals surface area contributed by atoms with Crippen LogP contribution in [0.1, 0.15) is 18.1 Å². The summed E-state index contributed by atoms with van der Waals surface area (Å²) in [5, 5.41) is 3.99. The summed E-state index contributed by atoms with van der Waals surface area (Å²) < 4.78 is 10.6. The molecule has 1 N–H and O–H groups in total. The van der Waals surface area contributed by atoms with E-state index in [9.17, 15) is 4.79 Å². The van der Waals surface area contributed by atoms with Crippen molar-refractivity contribution in [2.24, 2.45) is 5.10 Å². The summed E-state index contributed by atoms with van der Waals surface area (Å²) in [6.45, 7) is 2.50. The van der Waals surface area contributed by atoms with E-state index < -0.39 is 0 Å². The minimum absolute atomic E-state index is 0.180. The highest BCUT2D eigenvalue weighted by Gasteiger charge is 2.03. The van der Waals surface area contributed by atoms with Crippen molar-refractivity contribution in [3.63, 3.8) is 0 Å². The zero-order valence-corrected chi connectivity index (χ0v) is 13.3. The van der Waals surface area contributed by atoms with Crippen LogP contribution < -0.4 is 14.9 Å². The lowest BCUT2D eigenvalue weighted by molar-refractivity contribution is -0.120. The summed E-state index contributed by atoms with van der Waals surface area (Å²) in [7, 11) is 1.61. The number of nitrogens with zero attached hydrogens (tertiary/aromatic N) is 1. The molecule has 23 heavy (non-hydrogen) atoms. The molecule has 0 spiro atoms. The number of rotatable bonds is 7. The van der Waals surface area contributed by atoms with Crippen molar-refractivity contribution in [1.82, 2.24) is 5.43 Å². The first-order chi connectivity index (χ1) is 11.2. The number of nitrogens with one attached hydrogen (secondary N) is 1. The lowest BCUT2D eigenvalue weighted by Crippen LogP contribution is -2.19. The molecule has 0 fully saturated rings. The van der Waals surface area contributed by atoms with E-state index in [4.69, 9.17) is 9.47 Å². The first-order valence-electron chi connectivity index (χ1n) is 7.39. The zero-order valence-electron chi connectivity index (χ0n) is 13.3. The minimum Gasteiger partial charge on any atom is -0.497 e. The second-order valence-electron chi connectivity index (χ2n) is 4.79. The second kappa shape index (κ2) is 8.58. The molecule has 0 radical (unpaired) electrons. The van der Waals surface area contributed by atoms with Gasteiger partial charge < -0.3 is 9.47 Å². The molecule has 5 nitrogen and oxygen atoms in total. The molecule has 0 aliphatic heterocycles. The molecule has 0 unspecified atom stereocenters. The van der Waals surface area contributed by atoms with E-state index in [1.807, 2.05) is 55.5 Å². The highest BCUT2D eigenvalue weighted by molar-refractivity contribution is 5.85. The van der Waals surface area contributed by atoms with Crippen molar-refractivity contribution in [3.8, 4) is 11.5 Å². The molecule has 1 amide bonds. The Morgan fingerprint density at radius 2 is 1.91 bits per heavy atom. The number of benzene rings is 2. The molecule has 2 rings (SSSR count). The predicted molar refractivity (Wildman–Crippen MR) is 90.0 cm³/mol. The number of ether oxygens (including phenoxy) is 2. The molecule has 0 aliphatic carbocycles. The van der Waals surface area contributed by atoms with Gasteiger partial charge in [0.15, 0.2) is 0 Å². The topological polar surface area (TPSA) is 59.9 Å². The predicted octanol–water partition coefficient (Wildman–Crippen LogP) is 2.79. The van der Waals surface area contributed by atoms with Gasteiger partial charge in [-0.25, -0.2) is 5.43 Å². The third-order valence-electron chi connectivity index (χ3n) is 3.14. The van der Waals surface area contributed by atoms with Crippen LogP contribution in [0, 0.1) is 0 Å². The average molecular weight is 312 g/mol.